The van der Waals surface area contributed by atoms with Crippen LogP contribution in [0, 0.1) is 0 Å². The van der Waals surface area contributed by atoms with Crippen LogP contribution in [0.5, 0.6) is 11.5 Å². The van der Waals surface area contributed by atoms with E-state index in [0.29, 0.717) is 24.5 Å². The van der Waals surface area contributed by atoms with Crippen molar-refractivity contribution in [3.63, 3.8) is 0 Å². The number of nitrogens with zero attached hydrogens (tertiary/aromatic N) is 2. The summed E-state index contributed by atoms with van der Waals surface area (Å²) >= 11 is 0. The van der Waals surface area contributed by atoms with Crippen molar-refractivity contribution >= 4 is 11.8 Å². The zero-order chi connectivity index (χ0) is 22.5. The van der Waals surface area contributed by atoms with Gasteiger partial charge in [-0.2, -0.15) is 0 Å². The Kier molecular flexibility index (Phi) is 6.98. The van der Waals surface area contributed by atoms with Crippen LogP contribution in [0.15, 0.2) is 48.5 Å². The van der Waals surface area contributed by atoms with E-state index in [4.69, 9.17) is 9.47 Å². The fourth-order valence-electron chi connectivity index (χ4n) is 4.94. The van der Waals surface area contributed by atoms with E-state index in [1.54, 1.807) is 25.2 Å². The Balaban J connectivity index is 1.66. The molecule has 0 bridgehead atoms. The largest absolute Gasteiger partial charge is 0.493 e. The van der Waals surface area contributed by atoms with E-state index in [9.17, 15) is 9.59 Å². The summed E-state index contributed by atoms with van der Waals surface area (Å²) in [5, 5.41) is 0. The monoisotopic (exact) mass is 436 g/mol. The number of hydrogen-bond donors (Lipinski definition) is 0. The third-order valence-corrected chi connectivity index (χ3v) is 6.68. The fourth-order valence-corrected chi connectivity index (χ4v) is 4.94. The minimum Gasteiger partial charge on any atom is -0.493 e. The smallest absolute Gasteiger partial charge is 0.250 e. The highest BCUT2D eigenvalue weighted by atomic mass is 16.5. The summed E-state index contributed by atoms with van der Waals surface area (Å²) in [5.41, 5.74) is 1.91. The van der Waals surface area contributed by atoms with E-state index >= 15 is 0 Å². The summed E-state index contributed by atoms with van der Waals surface area (Å²) in [6.45, 7) is 0.661. The van der Waals surface area contributed by atoms with Crippen LogP contribution in [0.1, 0.15) is 49.3 Å². The van der Waals surface area contributed by atoms with Gasteiger partial charge in [0.15, 0.2) is 11.5 Å². The molecule has 0 unspecified atom stereocenters. The molecule has 1 aliphatic heterocycles. The van der Waals surface area contributed by atoms with Gasteiger partial charge in [0.25, 0.3) is 5.91 Å². The number of ether oxygens (including phenoxy) is 2. The van der Waals surface area contributed by atoms with Gasteiger partial charge in [-0.3, -0.25) is 9.59 Å². The minimum atomic E-state index is -0.651. The van der Waals surface area contributed by atoms with E-state index < -0.39 is 6.04 Å². The lowest BCUT2D eigenvalue weighted by atomic mass is 9.91. The summed E-state index contributed by atoms with van der Waals surface area (Å²) in [5.74, 6) is 1.18. The third-order valence-electron chi connectivity index (χ3n) is 6.68. The molecule has 4 rings (SSSR count). The predicted molar refractivity (Wildman–Crippen MR) is 123 cm³/mol. The Bertz CT molecular complexity index is 940. The molecular formula is C26H32N2O4. The minimum absolute atomic E-state index is 0.00545. The Labute approximate surface area is 190 Å². The summed E-state index contributed by atoms with van der Waals surface area (Å²) in [4.78, 5) is 30.7. The molecule has 1 heterocycles. The average Bonchev–Trinajstić information content (AvgIpc) is 2.85. The first kappa shape index (κ1) is 22.2. The molecule has 32 heavy (non-hydrogen) atoms. The molecule has 2 amide bonds. The van der Waals surface area contributed by atoms with Gasteiger partial charge in [0.05, 0.1) is 14.2 Å². The maximum Gasteiger partial charge on any atom is 0.250 e. The summed E-state index contributed by atoms with van der Waals surface area (Å²) in [6.07, 6.45) is 6.08. The Morgan fingerprint density at radius 1 is 0.906 bits per heavy atom. The van der Waals surface area contributed by atoms with E-state index in [2.05, 4.69) is 12.1 Å². The molecule has 2 aromatic rings. The van der Waals surface area contributed by atoms with Crippen LogP contribution in [-0.2, 0) is 16.0 Å². The fraction of sp³-hybridized carbons (Fsp3) is 0.462. The SMILES string of the molecule is COc1ccc([C@@H]2C(=O)N(C3CCCCC3)CC(=O)N2CCc2ccccc2)cc1OC. The van der Waals surface area contributed by atoms with Gasteiger partial charge in [-0.15, -0.1) is 0 Å². The van der Waals surface area contributed by atoms with Crippen molar-refractivity contribution in [3.05, 3.63) is 59.7 Å². The molecule has 1 atom stereocenters. The number of amides is 2. The van der Waals surface area contributed by atoms with Crippen molar-refractivity contribution in [2.75, 3.05) is 27.3 Å². The second-order valence-corrected chi connectivity index (χ2v) is 8.60. The second kappa shape index (κ2) is 10.1. The van der Waals surface area contributed by atoms with Crippen LogP contribution in [0.4, 0.5) is 0 Å². The van der Waals surface area contributed by atoms with Crippen molar-refractivity contribution in [2.45, 2.75) is 50.6 Å². The number of carbonyl (C=O) groups is 2. The van der Waals surface area contributed by atoms with Crippen LogP contribution in [0.25, 0.3) is 0 Å². The number of hydrogen-bond acceptors (Lipinski definition) is 4. The van der Waals surface area contributed by atoms with Crippen molar-refractivity contribution in [1.29, 1.82) is 0 Å². The molecule has 0 aromatic heterocycles. The molecule has 170 valence electrons. The van der Waals surface area contributed by atoms with Crippen molar-refractivity contribution < 1.29 is 19.1 Å². The lowest BCUT2D eigenvalue weighted by molar-refractivity contribution is -0.159. The molecule has 1 saturated heterocycles. The number of carbonyl (C=O) groups excluding carboxylic acids is 2. The number of methoxy groups -OCH3 is 2. The molecule has 0 spiro atoms. The molecule has 2 fully saturated rings. The lowest BCUT2D eigenvalue weighted by Gasteiger charge is -2.44. The van der Waals surface area contributed by atoms with E-state index in [1.807, 2.05) is 35.2 Å². The zero-order valence-electron chi connectivity index (χ0n) is 19.0. The van der Waals surface area contributed by atoms with Gasteiger partial charge in [0.1, 0.15) is 12.6 Å². The predicted octanol–water partition coefficient (Wildman–Crippen LogP) is 3.99. The molecule has 1 saturated carbocycles. The molecule has 2 aliphatic rings. The van der Waals surface area contributed by atoms with Crippen molar-refractivity contribution in [3.8, 4) is 11.5 Å². The van der Waals surface area contributed by atoms with Gasteiger partial charge in [-0.05, 0) is 42.5 Å². The maximum atomic E-state index is 13.8. The van der Waals surface area contributed by atoms with E-state index in [-0.39, 0.29) is 24.4 Å². The van der Waals surface area contributed by atoms with E-state index in [0.717, 1.165) is 36.8 Å². The summed E-state index contributed by atoms with van der Waals surface area (Å²) in [7, 11) is 3.17. The first-order chi connectivity index (χ1) is 15.6. The van der Waals surface area contributed by atoms with Crippen molar-refractivity contribution in [2.24, 2.45) is 0 Å². The van der Waals surface area contributed by atoms with Gasteiger partial charge in [0, 0.05) is 12.6 Å². The second-order valence-electron chi connectivity index (χ2n) is 8.60. The molecule has 2 aromatic carbocycles. The van der Waals surface area contributed by atoms with Crippen molar-refractivity contribution in [1.82, 2.24) is 9.80 Å². The van der Waals surface area contributed by atoms with Gasteiger partial charge < -0.3 is 19.3 Å². The first-order valence-corrected chi connectivity index (χ1v) is 11.5. The van der Waals surface area contributed by atoms with Crippen LogP contribution in [0.3, 0.4) is 0 Å². The Morgan fingerprint density at radius 2 is 1.62 bits per heavy atom. The van der Waals surface area contributed by atoms with Crippen LogP contribution < -0.4 is 9.47 Å². The average molecular weight is 437 g/mol. The highest BCUT2D eigenvalue weighted by molar-refractivity contribution is 5.96. The van der Waals surface area contributed by atoms with Crippen LogP contribution in [-0.4, -0.2) is 55.0 Å². The van der Waals surface area contributed by atoms with Crippen LogP contribution in [0.2, 0.25) is 0 Å². The maximum absolute atomic E-state index is 13.8. The molecule has 6 nitrogen and oxygen atoms in total. The molecule has 1 aliphatic carbocycles. The van der Waals surface area contributed by atoms with E-state index in [1.165, 1.54) is 6.42 Å². The standard InChI is InChI=1S/C26H32N2O4/c1-31-22-14-13-20(17-23(22)32-2)25-26(30)28(21-11-7-4-8-12-21)18-24(29)27(25)16-15-19-9-5-3-6-10-19/h3,5-6,9-10,13-14,17,21,25H,4,7-8,11-12,15-16,18H2,1-2H3/t25-/m1/s1. The molecular weight excluding hydrogens is 404 g/mol. The molecule has 0 radical (unpaired) electrons. The zero-order valence-corrected chi connectivity index (χ0v) is 19.0. The normalized spacial score (nSPS) is 19.9. The lowest BCUT2D eigenvalue weighted by Crippen LogP contribution is -2.58. The summed E-state index contributed by atoms with van der Waals surface area (Å²) < 4.78 is 10.9. The summed E-state index contributed by atoms with van der Waals surface area (Å²) in [6, 6.07) is 15.1. The van der Waals surface area contributed by atoms with Gasteiger partial charge in [-0.1, -0.05) is 55.7 Å². The number of piperazine rings is 1. The van der Waals surface area contributed by atoms with Gasteiger partial charge in [0.2, 0.25) is 5.91 Å². The Hall–Kier alpha value is -3.02. The number of benzene rings is 2. The highest BCUT2D eigenvalue weighted by Gasteiger charge is 2.43. The first-order valence-electron chi connectivity index (χ1n) is 11.5. The third kappa shape index (κ3) is 4.59. The topological polar surface area (TPSA) is 59.1 Å². The highest BCUT2D eigenvalue weighted by Crippen LogP contribution is 2.36. The van der Waals surface area contributed by atoms with Crippen LogP contribution >= 0.6 is 0 Å². The molecule has 0 N–H and O–H groups in total. The Morgan fingerprint density at radius 3 is 2.31 bits per heavy atom. The van der Waals surface area contributed by atoms with Gasteiger partial charge >= 0.3 is 0 Å². The number of rotatable bonds is 7. The van der Waals surface area contributed by atoms with Gasteiger partial charge in [-0.25, -0.2) is 0 Å². The molecule has 6 heteroatoms. The quantitative estimate of drug-likeness (QED) is 0.659.